The molecule has 0 heteroatoms. The third-order valence-corrected chi connectivity index (χ3v) is 2.40. The van der Waals surface area contributed by atoms with Gasteiger partial charge in [0.05, 0.1) is 0 Å². The fourth-order valence-electron chi connectivity index (χ4n) is 1.88. The van der Waals surface area contributed by atoms with Gasteiger partial charge < -0.3 is 0 Å². The standard InChI is InChI=1S/C12H25/c1-7-10(2)8-11(3)9-12(4,5)6/h10-11H,4,7-9H2,1-3,5-6H3. The van der Waals surface area contributed by atoms with E-state index in [1.54, 1.807) is 0 Å². The molecule has 0 spiro atoms. The first-order valence-corrected chi connectivity index (χ1v) is 5.20. The molecule has 0 aromatic rings. The summed E-state index contributed by atoms with van der Waals surface area (Å²) in [6.45, 7) is 15.5. The lowest BCUT2D eigenvalue weighted by atomic mass is 9.81. The number of hydrogen-bond acceptors (Lipinski definition) is 0. The van der Waals surface area contributed by atoms with E-state index in [4.69, 9.17) is 0 Å². The molecule has 0 aromatic carbocycles. The summed E-state index contributed by atoms with van der Waals surface area (Å²) >= 11 is 0. The van der Waals surface area contributed by atoms with Gasteiger partial charge in [-0.1, -0.05) is 41.0 Å². The third-order valence-electron chi connectivity index (χ3n) is 2.40. The Labute approximate surface area is 78.8 Å². The van der Waals surface area contributed by atoms with Gasteiger partial charge in [0, 0.05) is 0 Å². The van der Waals surface area contributed by atoms with Crippen LogP contribution in [0.1, 0.15) is 53.9 Å². The van der Waals surface area contributed by atoms with Crippen LogP contribution in [0.4, 0.5) is 0 Å². The maximum Gasteiger partial charge on any atom is -0.0351 e. The van der Waals surface area contributed by atoms with Gasteiger partial charge in [0.25, 0.3) is 0 Å². The minimum absolute atomic E-state index is 0.257. The zero-order valence-corrected chi connectivity index (χ0v) is 9.48. The fourth-order valence-corrected chi connectivity index (χ4v) is 1.88. The van der Waals surface area contributed by atoms with Crippen molar-refractivity contribution in [1.29, 1.82) is 0 Å². The second-order valence-corrected chi connectivity index (χ2v) is 5.22. The van der Waals surface area contributed by atoms with Crippen molar-refractivity contribution in [3.8, 4) is 0 Å². The minimum atomic E-state index is 0.257. The van der Waals surface area contributed by atoms with Crippen LogP contribution in [0.3, 0.4) is 0 Å². The molecule has 0 aliphatic heterocycles. The quantitative estimate of drug-likeness (QED) is 0.575. The predicted octanol–water partition coefficient (Wildman–Crippen LogP) is 4.31. The van der Waals surface area contributed by atoms with E-state index in [9.17, 15) is 0 Å². The lowest BCUT2D eigenvalue weighted by molar-refractivity contribution is 0.297. The van der Waals surface area contributed by atoms with Crippen LogP contribution >= 0.6 is 0 Å². The number of rotatable bonds is 5. The van der Waals surface area contributed by atoms with Crippen molar-refractivity contribution >= 4 is 0 Å². The largest absolute Gasteiger partial charge is 0.0651 e. The van der Waals surface area contributed by atoms with Crippen molar-refractivity contribution in [2.24, 2.45) is 17.3 Å². The maximum absolute atomic E-state index is 4.14. The molecule has 0 saturated heterocycles. The smallest absolute Gasteiger partial charge is 0.0351 e. The zero-order valence-electron chi connectivity index (χ0n) is 9.48. The molecule has 0 aromatic heterocycles. The van der Waals surface area contributed by atoms with Crippen LogP contribution in [0.25, 0.3) is 0 Å². The predicted molar refractivity (Wildman–Crippen MR) is 57.0 cm³/mol. The summed E-state index contributed by atoms with van der Waals surface area (Å²) in [5, 5.41) is 0. The minimum Gasteiger partial charge on any atom is -0.0651 e. The molecule has 0 aliphatic carbocycles. The van der Waals surface area contributed by atoms with Crippen LogP contribution in [-0.2, 0) is 0 Å². The van der Waals surface area contributed by atoms with Crippen molar-refractivity contribution in [2.75, 3.05) is 0 Å². The van der Waals surface area contributed by atoms with E-state index in [2.05, 4.69) is 41.5 Å². The fraction of sp³-hybridized carbons (Fsp3) is 0.917. The van der Waals surface area contributed by atoms with Crippen molar-refractivity contribution < 1.29 is 0 Å². The van der Waals surface area contributed by atoms with E-state index in [0.717, 1.165) is 11.8 Å². The highest BCUT2D eigenvalue weighted by Crippen LogP contribution is 2.28. The summed E-state index contributed by atoms with van der Waals surface area (Å²) in [5.41, 5.74) is 0.257. The molecule has 1 radical (unpaired) electrons. The molecule has 73 valence electrons. The molecule has 0 aliphatic rings. The SMILES string of the molecule is [CH2]C(C)(C)CC(C)CC(C)CC. The van der Waals surface area contributed by atoms with Gasteiger partial charge in [0.1, 0.15) is 0 Å². The van der Waals surface area contributed by atoms with E-state index >= 15 is 0 Å². The van der Waals surface area contributed by atoms with E-state index in [1.165, 1.54) is 19.3 Å². The van der Waals surface area contributed by atoms with Gasteiger partial charge in [-0.25, -0.2) is 0 Å². The molecule has 0 nitrogen and oxygen atoms in total. The Balaban J connectivity index is 3.66. The summed E-state index contributed by atoms with van der Waals surface area (Å²) in [6, 6.07) is 0. The molecule has 0 saturated carbocycles. The lowest BCUT2D eigenvalue weighted by Gasteiger charge is -2.24. The normalized spacial score (nSPS) is 17.5. The van der Waals surface area contributed by atoms with Crippen molar-refractivity contribution in [1.82, 2.24) is 0 Å². The molecule has 2 atom stereocenters. The van der Waals surface area contributed by atoms with Crippen molar-refractivity contribution in [3.05, 3.63) is 6.92 Å². The average molecular weight is 169 g/mol. The van der Waals surface area contributed by atoms with Crippen LogP contribution in [0.2, 0.25) is 0 Å². The molecular weight excluding hydrogens is 144 g/mol. The zero-order chi connectivity index (χ0) is 9.78. The van der Waals surface area contributed by atoms with Gasteiger partial charge in [-0.3, -0.25) is 0 Å². The summed E-state index contributed by atoms with van der Waals surface area (Å²) in [6.07, 6.45) is 3.91. The molecule has 0 amide bonds. The molecule has 0 heterocycles. The average Bonchev–Trinajstić information content (AvgIpc) is 1.82. The van der Waals surface area contributed by atoms with Gasteiger partial charge >= 0.3 is 0 Å². The highest BCUT2D eigenvalue weighted by Gasteiger charge is 2.16. The van der Waals surface area contributed by atoms with Crippen LogP contribution in [0.5, 0.6) is 0 Å². The Kier molecular flexibility index (Phi) is 4.89. The summed E-state index contributed by atoms with van der Waals surface area (Å²) in [5.74, 6) is 1.70. The molecular formula is C12H25. The lowest BCUT2D eigenvalue weighted by Crippen LogP contribution is -2.13. The van der Waals surface area contributed by atoms with Crippen LogP contribution < -0.4 is 0 Å². The van der Waals surface area contributed by atoms with E-state index < -0.39 is 0 Å². The van der Waals surface area contributed by atoms with E-state index in [-0.39, 0.29) is 5.41 Å². The Hall–Kier alpha value is 0. The summed E-state index contributed by atoms with van der Waals surface area (Å²) < 4.78 is 0. The van der Waals surface area contributed by atoms with Crippen molar-refractivity contribution in [2.45, 2.75) is 53.9 Å². The van der Waals surface area contributed by atoms with Gasteiger partial charge in [0.15, 0.2) is 0 Å². The van der Waals surface area contributed by atoms with Crippen LogP contribution in [0.15, 0.2) is 0 Å². The van der Waals surface area contributed by atoms with Gasteiger partial charge in [-0.2, -0.15) is 0 Å². The maximum atomic E-state index is 4.14. The first-order valence-electron chi connectivity index (χ1n) is 5.20. The molecule has 0 bridgehead atoms. The third kappa shape index (κ3) is 6.69. The van der Waals surface area contributed by atoms with Crippen LogP contribution in [-0.4, -0.2) is 0 Å². The van der Waals surface area contributed by atoms with E-state index in [0.29, 0.717) is 0 Å². The van der Waals surface area contributed by atoms with Gasteiger partial charge in [-0.05, 0) is 37.0 Å². The highest BCUT2D eigenvalue weighted by molar-refractivity contribution is 4.74. The first kappa shape index (κ1) is 12.0. The van der Waals surface area contributed by atoms with Crippen molar-refractivity contribution in [3.63, 3.8) is 0 Å². The Bertz CT molecular complexity index is 108. The second-order valence-electron chi connectivity index (χ2n) is 5.22. The Morgan fingerprint density at radius 3 is 2.00 bits per heavy atom. The Morgan fingerprint density at radius 1 is 1.17 bits per heavy atom. The first-order chi connectivity index (χ1) is 5.35. The van der Waals surface area contributed by atoms with Crippen LogP contribution in [0, 0.1) is 24.2 Å². The van der Waals surface area contributed by atoms with Gasteiger partial charge in [0.2, 0.25) is 0 Å². The molecule has 0 N–H and O–H groups in total. The van der Waals surface area contributed by atoms with Gasteiger partial charge in [-0.15, -0.1) is 0 Å². The molecule has 0 fully saturated rings. The number of hydrogen-bond donors (Lipinski definition) is 0. The molecule has 2 unspecified atom stereocenters. The topological polar surface area (TPSA) is 0 Å². The Morgan fingerprint density at radius 2 is 1.67 bits per heavy atom. The molecule has 0 rings (SSSR count). The molecule has 12 heavy (non-hydrogen) atoms. The summed E-state index contributed by atoms with van der Waals surface area (Å²) in [4.78, 5) is 0. The van der Waals surface area contributed by atoms with E-state index in [1.807, 2.05) is 0 Å². The summed E-state index contributed by atoms with van der Waals surface area (Å²) in [7, 11) is 0. The monoisotopic (exact) mass is 169 g/mol. The second kappa shape index (κ2) is 4.89. The highest BCUT2D eigenvalue weighted by atomic mass is 14.2.